The van der Waals surface area contributed by atoms with Gasteiger partial charge in [-0.2, -0.15) is 0 Å². The summed E-state index contributed by atoms with van der Waals surface area (Å²) in [5.74, 6) is 0.321. The minimum atomic E-state index is -0.447. The highest BCUT2D eigenvalue weighted by Crippen LogP contribution is 2.34. The maximum absolute atomic E-state index is 12.5. The van der Waals surface area contributed by atoms with Crippen molar-refractivity contribution in [2.45, 2.75) is 63.1 Å². The highest BCUT2D eigenvalue weighted by Gasteiger charge is 2.30. The second-order valence-corrected chi connectivity index (χ2v) is 14.5. The van der Waals surface area contributed by atoms with Gasteiger partial charge in [0.1, 0.15) is 18.3 Å². The molecule has 11 heteroatoms. The smallest absolute Gasteiger partial charge is 0.237 e. The minimum absolute atomic E-state index is 0.0427. The molecule has 3 aliphatic heterocycles. The summed E-state index contributed by atoms with van der Waals surface area (Å²) in [4.78, 5) is 44.5. The molecule has 1 atom stereocenters. The van der Waals surface area contributed by atoms with E-state index < -0.39 is 6.04 Å². The second-order valence-electron chi connectivity index (χ2n) is 14.5. The number of phenols is 1. The second kappa shape index (κ2) is 17.6. The van der Waals surface area contributed by atoms with Gasteiger partial charge in [-0.15, -0.1) is 0 Å². The van der Waals surface area contributed by atoms with E-state index in [4.69, 9.17) is 10.8 Å². The highest BCUT2D eigenvalue weighted by molar-refractivity contribution is 6.19. The predicted molar refractivity (Wildman–Crippen MR) is 214 cm³/mol. The predicted octanol–water partition coefficient (Wildman–Crippen LogP) is 5.88. The summed E-state index contributed by atoms with van der Waals surface area (Å²) in [5, 5.41) is 29.9. The lowest BCUT2D eigenvalue weighted by Gasteiger charge is -2.42. The standard InChI is InChI=1S/C43H51N7O4/c1-46-43(54)40(7-5-25-51)47(2)28-33-26-31(9-10-32(33)29-52)30-15-20-48(21-16-30)35-17-22-49(23-18-35)34-11-13-36(14-12-34)50-24-19-38(44)41(50)27-39(45)37-6-3-4-8-42(37)53/h3-4,6,8-14,19,24-27,29-30,35,40,44-45,53H,5,7,15-18,20-23,28H2,1-2H3,(H,46,54)/b41-27+,44-38?,45-39?. The van der Waals surface area contributed by atoms with Crippen LogP contribution in [0.5, 0.6) is 5.75 Å². The first-order chi connectivity index (χ1) is 26.2. The van der Waals surface area contributed by atoms with Crippen LogP contribution in [-0.2, 0) is 16.1 Å². The number of phenolic OH excluding ortho intramolecular Hbond substituents is 1. The van der Waals surface area contributed by atoms with Gasteiger partial charge in [-0.25, -0.2) is 0 Å². The lowest BCUT2D eigenvalue weighted by atomic mass is 9.86. The lowest BCUT2D eigenvalue weighted by Crippen LogP contribution is -2.47. The number of carbonyl (C=O) groups excluding carboxylic acids is 3. The van der Waals surface area contributed by atoms with E-state index in [9.17, 15) is 19.5 Å². The minimum Gasteiger partial charge on any atom is -0.507 e. The third kappa shape index (κ3) is 8.69. The number of carbonyl (C=O) groups is 3. The van der Waals surface area contributed by atoms with Gasteiger partial charge in [-0.3, -0.25) is 19.9 Å². The van der Waals surface area contributed by atoms with Crippen LogP contribution in [-0.4, -0.2) is 97.2 Å². The monoisotopic (exact) mass is 729 g/mol. The number of nitrogens with zero attached hydrogens (tertiary/aromatic N) is 4. The van der Waals surface area contributed by atoms with Gasteiger partial charge in [0, 0.05) is 67.8 Å². The molecule has 6 rings (SSSR count). The Morgan fingerprint density at radius 2 is 1.69 bits per heavy atom. The number of piperidine rings is 2. The molecule has 3 heterocycles. The summed E-state index contributed by atoms with van der Waals surface area (Å²) in [6.07, 6.45) is 12.0. The fourth-order valence-electron chi connectivity index (χ4n) is 8.10. The molecule has 0 bridgehead atoms. The van der Waals surface area contributed by atoms with Crippen molar-refractivity contribution in [1.29, 1.82) is 10.8 Å². The molecule has 2 fully saturated rings. The highest BCUT2D eigenvalue weighted by atomic mass is 16.3. The number of benzene rings is 3. The topological polar surface area (TPSA) is 144 Å². The number of aromatic hydroxyl groups is 1. The summed E-state index contributed by atoms with van der Waals surface area (Å²) in [5.41, 5.74) is 6.34. The van der Waals surface area contributed by atoms with Gasteiger partial charge >= 0.3 is 0 Å². The number of likely N-dealkylation sites (N-methyl/N-ethyl adjacent to an activating group) is 2. The number of para-hydroxylation sites is 1. The molecule has 3 aromatic rings. The Hall–Kier alpha value is -5.39. The summed E-state index contributed by atoms with van der Waals surface area (Å²) in [6.45, 7) is 4.48. The third-order valence-corrected chi connectivity index (χ3v) is 11.2. The molecule has 0 saturated carbocycles. The molecule has 3 aliphatic rings. The Morgan fingerprint density at radius 3 is 2.35 bits per heavy atom. The van der Waals surface area contributed by atoms with Crippen molar-refractivity contribution in [1.82, 2.24) is 15.1 Å². The zero-order chi connectivity index (χ0) is 38.2. The molecule has 0 aliphatic carbocycles. The average Bonchev–Trinajstić information content (AvgIpc) is 3.57. The van der Waals surface area contributed by atoms with E-state index in [1.807, 2.05) is 29.1 Å². The van der Waals surface area contributed by atoms with Crippen molar-refractivity contribution in [3.05, 3.63) is 113 Å². The number of hydrogen-bond acceptors (Lipinski definition) is 10. The molecule has 3 aromatic carbocycles. The van der Waals surface area contributed by atoms with Crippen molar-refractivity contribution >= 4 is 41.3 Å². The average molecular weight is 730 g/mol. The van der Waals surface area contributed by atoms with Crippen LogP contribution in [0.15, 0.2) is 90.8 Å². The summed E-state index contributed by atoms with van der Waals surface area (Å²) >= 11 is 0. The molecule has 0 radical (unpaired) electrons. The SMILES string of the molecule is CNC(=O)C(CCC=O)N(C)Cc1cc(C2CCN(C3CCN(c4ccc(N5C=CC(=N)/C5=C\C(=N)c5ccccc5O)cc4)CC3)CC2)ccc1C=O. The molecule has 2 saturated heterocycles. The lowest BCUT2D eigenvalue weighted by molar-refractivity contribution is -0.126. The Bertz CT molecular complexity index is 1910. The van der Waals surface area contributed by atoms with Crippen molar-refractivity contribution in [2.75, 3.05) is 50.1 Å². The van der Waals surface area contributed by atoms with Crippen LogP contribution >= 0.6 is 0 Å². The summed E-state index contributed by atoms with van der Waals surface area (Å²) in [6, 6.07) is 21.4. The molecule has 282 valence electrons. The molecular weight excluding hydrogens is 679 g/mol. The van der Waals surface area contributed by atoms with Crippen LogP contribution in [0.2, 0.25) is 0 Å². The van der Waals surface area contributed by atoms with Gasteiger partial charge in [-0.05, 0) is 118 Å². The Labute approximate surface area is 318 Å². The van der Waals surface area contributed by atoms with Crippen molar-refractivity contribution in [3.8, 4) is 5.75 Å². The number of hydrogen-bond donors (Lipinski definition) is 4. The van der Waals surface area contributed by atoms with Gasteiger partial charge in [0.15, 0.2) is 0 Å². The van der Waals surface area contributed by atoms with Gasteiger partial charge < -0.3 is 35.3 Å². The van der Waals surface area contributed by atoms with E-state index in [1.54, 1.807) is 43.5 Å². The zero-order valence-electron chi connectivity index (χ0n) is 31.2. The van der Waals surface area contributed by atoms with Crippen LogP contribution in [0.25, 0.3) is 0 Å². The quantitative estimate of drug-likeness (QED) is 0.119. The zero-order valence-corrected chi connectivity index (χ0v) is 31.2. The molecular formula is C43H51N7O4. The van der Waals surface area contributed by atoms with Crippen LogP contribution in [0.4, 0.5) is 11.4 Å². The van der Waals surface area contributed by atoms with Gasteiger partial charge in [-0.1, -0.05) is 30.3 Å². The fourth-order valence-corrected chi connectivity index (χ4v) is 8.10. The van der Waals surface area contributed by atoms with Crippen molar-refractivity contribution in [3.63, 3.8) is 0 Å². The fraction of sp³-hybridized carbons (Fsp3) is 0.372. The van der Waals surface area contributed by atoms with E-state index in [0.29, 0.717) is 53.9 Å². The number of aldehydes is 2. The van der Waals surface area contributed by atoms with Gasteiger partial charge in [0.05, 0.1) is 23.2 Å². The number of likely N-dealkylation sites (tertiary alicyclic amines) is 1. The number of allylic oxidation sites excluding steroid dienone is 2. The van der Waals surface area contributed by atoms with Crippen molar-refractivity contribution in [2.24, 2.45) is 0 Å². The van der Waals surface area contributed by atoms with Crippen LogP contribution in [0.1, 0.15) is 71.5 Å². The summed E-state index contributed by atoms with van der Waals surface area (Å²) < 4.78 is 0. The summed E-state index contributed by atoms with van der Waals surface area (Å²) in [7, 11) is 3.47. The first-order valence-electron chi connectivity index (χ1n) is 18.9. The normalized spacial score (nSPS) is 18.4. The molecule has 1 amide bonds. The molecule has 54 heavy (non-hydrogen) atoms. The van der Waals surface area contributed by atoms with Crippen LogP contribution < -0.4 is 15.1 Å². The van der Waals surface area contributed by atoms with Crippen LogP contribution in [0.3, 0.4) is 0 Å². The van der Waals surface area contributed by atoms with Gasteiger partial charge in [0.25, 0.3) is 0 Å². The molecule has 0 spiro atoms. The van der Waals surface area contributed by atoms with Crippen molar-refractivity contribution < 1.29 is 19.5 Å². The molecule has 1 unspecified atom stereocenters. The van der Waals surface area contributed by atoms with Crippen LogP contribution in [0, 0.1) is 10.8 Å². The molecule has 11 nitrogen and oxygen atoms in total. The van der Waals surface area contributed by atoms with Gasteiger partial charge in [0.2, 0.25) is 5.91 Å². The Morgan fingerprint density at radius 1 is 0.981 bits per heavy atom. The number of anilines is 2. The number of nitrogens with one attached hydrogen (secondary N) is 3. The first kappa shape index (κ1) is 38.3. The number of rotatable bonds is 14. The van der Waals surface area contributed by atoms with E-state index in [-0.39, 0.29) is 17.4 Å². The maximum Gasteiger partial charge on any atom is 0.237 e. The van der Waals surface area contributed by atoms with E-state index in [1.165, 1.54) is 11.3 Å². The third-order valence-electron chi connectivity index (χ3n) is 11.2. The molecule has 0 aromatic heterocycles. The molecule has 4 N–H and O–H groups in total. The van der Waals surface area contributed by atoms with E-state index in [2.05, 4.69) is 51.5 Å². The Kier molecular flexibility index (Phi) is 12.5. The maximum atomic E-state index is 12.5. The van der Waals surface area contributed by atoms with E-state index in [0.717, 1.165) is 75.7 Å². The largest absolute Gasteiger partial charge is 0.507 e. The first-order valence-corrected chi connectivity index (χ1v) is 18.9. The van der Waals surface area contributed by atoms with E-state index >= 15 is 0 Å². The number of amides is 1. The Balaban J connectivity index is 1.02.